The fraction of sp³-hybridized carbons (Fsp3) is 0.278. The van der Waals surface area contributed by atoms with Crippen molar-refractivity contribution in [3.05, 3.63) is 282 Å². The molecule has 0 aliphatic heterocycles. The van der Waals surface area contributed by atoms with Crippen LogP contribution in [0.5, 0.6) is 0 Å². The predicted molar refractivity (Wildman–Crippen MR) is 465 cm³/mol. The number of ether oxygens (including phenoxy) is 5. The van der Waals surface area contributed by atoms with Crippen molar-refractivity contribution < 1.29 is 81.5 Å². The largest absolute Gasteiger partial charge is 0.481 e. The van der Waals surface area contributed by atoms with Gasteiger partial charge >= 0.3 is 35.9 Å². The van der Waals surface area contributed by atoms with E-state index in [0.717, 1.165) is 50.1 Å². The smallest absolute Gasteiger partial charge is 0.408 e. The van der Waals surface area contributed by atoms with Gasteiger partial charge in [-0.2, -0.15) is 0 Å². The number of benzene rings is 9. The summed E-state index contributed by atoms with van der Waals surface area (Å²) >= 11 is 38.4. The molecule has 0 saturated heterocycles. The lowest BCUT2D eigenvalue weighted by atomic mass is 10.0. The van der Waals surface area contributed by atoms with Crippen LogP contribution in [-0.4, -0.2) is 119 Å². The minimum Gasteiger partial charge on any atom is -0.481 e. The summed E-state index contributed by atoms with van der Waals surface area (Å²) < 4.78 is 26.1. The van der Waals surface area contributed by atoms with E-state index in [1.54, 1.807) is 90.1 Å². The zero-order valence-corrected chi connectivity index (χ0v) is 69.4. The molecule has 0 heterocycles. The number of alkyl carbamates (subject to hydrolysis) is 1. The van der Waals surface area contributed by atoms with Gasteiger partial charge in [-0.15, -0.1) is 0 Å². The van der Waals surface area contributed by atoms with Gasteiger partial charge in [0.1, 0.15) is 54.9 Å². The van der Waals surface area contributed by atoms with Gasteiger partial charge in [-0.05, 0) is 141 Å². The van der Waals surface area contributed by atoms with E-state index in [4.69, 9.17) is 110 Å². The molecule has 0 bridgehead atoms. The molecule has 0 spiro atoms. The predicted octanol–water partition coefficient (Wildman–Crippen LogP) is 18.1. The molecule has 23 nitrogen and oxygen atoms in total. The van der Waals surface area contributed by atoms with Gasteiger partial charge in [0, 0.05) is 19.4 Å². The van der Waals surface area contributed by atoms with E-state index in [9.17, 15) is 52.7 Å². The molecule has 632 valence electrons. The maximum Gasteiger partial charge on any atom is 0.408 e. The molecule has 9 aromatic rings. The number of nitrogens with two attached hydrogens (primary N) is 2. The van der Waals surface area contributed by atoms with E-state index in [1.165, 1.54) is 0 Å². The van der Waals surface area contributed by atoms with Crippen LogP contribution in [0.3, 0.4) is 0 Å². The minimum absolute atomic E-state index is 0. The van der Waals surface area contributed by atoms with E-state index in [1.807, 2.05) is 170 Å². The van der Waals surface area contributed by atoms with Crippen LogP contribution >= 0.6 is 69.6 Å². The number of rotatable bonds is 31. The van der Waals surface area contributed by atoms with E-state index in [-0.39, 0.29) is 151 Å². The summed E-state index contributed by atoms with van der Waals surface area (Å²) in [6.45, 7) is 9.85. The highest BCUT2D eigenvalue weighted by Crippen LogP contribution is 2.35. The third kappa shape index (κ3) is 35.6. The van der Waals surface area contributed by atoms with Crippen LogP contribution in [0.2, 0.25) is 30.1 Å². The van der Waals surface area contributed by atoms with Crippen LogP contribution in [0, 0.1) is 0 Å². The molecule has 29 heteroatoms. The van der Waals surface area contributed by atoms with Gasteiger partial charge in [-0.3, -0.25) is 33.6 Å². The molecule has 119 heavy (non-hydrogen) atoms. The molecule has 9 rings (SSSR count). The minimum atomic E-state index is -1.18. The Morgan fingerprint density at radius 2 is 0.647 bits per heavy atom. The monoisotopic (exact) mass is 1740 g/mol. The van der Waals surface area contributed by atoms with Crippen LogP contribution < -0.4 is 32.7 Å². The zero-order valence-electron chi connectivity index (χ0n) is 64.9. The first-order valence-electron chi connectivity index (χ1n) is 36.6. The Hall–Kier alpha value is -11.0. The molecular formula is C90H98Cl6N6O17. The summed E-state index contributed by atoms with van der Waals surface area (Å²) in [7, 11) is 0. The van der Waals surface area contributed by atoms with Crippen molar-refractivity contribution in [2.24, 2.45) is 11.5 Å². The number of aliphatic carboxylic acids is 1. The van der Waals surface area contributed by atoms with Crippen molar-refractivity contribution >= 4 is 135 Å². The highest BCUT2D eigenvalue weighted by molar-refractivity contribution is 6.42. The molecule has 0 saturated carbocycles. The summed E-state index contributed by atoms with van der Waals surface area (Å²) in [4.78, 5) is 134. The van der Waals surface area contributed by atoms with E-state index in [0.29, 0.717) is 0 Å². The number of Topliss-reactive ketones (excluding diaryl/α,β-unsaturated/α-hetero) is 2. The van der Waals surface area contributed by atoms with Crippen molar-refractivity contribution in [3.8, 4) is 33.4 Å². The average Bonchev–Trinajstić information content (AvgIpc) is 0.815. The zero-order chi connectivity index (χ0) is 85.8. The Morgan fingerprint density at radius 1 is 0.370 bits per heavy atom. The second kappa shape index (κ2) is 50.7. The van der Waals surface area contributed by atoms with Crippen molar-refractivity contribution in [2.75, 3.05) is 19.6 Å². The number of hydrogen-bond donors (Lipinski definition) is 7. The molecule has 0 fully saturated rings. The van der Waals surface area contributed by atoms with E-state index >= 15 is 0 Å². The maximum absolute atomic E-state index is 13.3. The lowest BCUT2D eigenvalue weighted by molar-refractivity contribution is -0.157. The number of halogens is 6. The van der Waals surface area contributed by atoms with Gasteiger partial charge in [-0.1, -0.05) is 266 Å². The Kier molecular flexibility index (Phi) is 42.8. The van der Waals surface area contributed by atoms with Crippen LogP contribution in [0.1, 0.15) is 143 Å². The van der Waals surface area contributed by atoms with Crippen LogP contribution in [0.15, 0.2) is 218 Å². The Labute approximate surface area is 723 Å². The molecular weight excluding hydrogens is 1650 g/mol. The first-order valence-corrected chi connectivity index (χ1v) is 38.9. The summed E-state index contributed by atoms with van der Waals surface area (Å²) in [6, 6.07) is 62.2. The Balaban J connectivity index is 0.000000351. The highest BCUT2D eigenvalue weighted by Gasteiger charge is 2.31. The summed E-state index contributed by atoms with van der Waals surface area (Å²) in [5, 5.41) is 19.2. The average molecular weight is 1750 g/mol. The standard InChI is InChI=1S/C31H32Cl2N2O6.C26H24Cl2N2O4.C23H20Cl2N2O3.C8H14O4.2CH4/c1-31(2,3)41-30(39)34-18-23(36)14-15-26(29(38)40-19-20-10-6-4-7-11-20)35-28(37)27-24(32)16-22(17-25(27)33)21-12-8-5-9-13-21;27-21-13-19(18-9-5-2-6-10-18)14-22(28)24(21)25(32)30-23(12-11-20(31)15-29)26(33)34-16-17-7-3-1-4-8-17;24-18-11-17(16-9-5-2-6-10-16)12-19(25)21(18)22(28)27-20(13-26)23(29)30-14-15-7-3-1-4-8-15;1-8(2,3)12-7(11)5-4-6(9)10;;/h4-13,16-17,26H,14-15,18-19H2,1-3H3,(H,34,39)(H,35,37);1-10,13-14,23H,11-12,15-16,29H2,(H,30,32);1-12,20H,13-14,26H2,(H,27,28);4-5H2,1-3H3,(H,9,10);2*1H4/t26-;23-;20-;;;/m000.../s1. The molecule has 3 atom stereocenters. The fourth-order valence-electron chi connectivity index (χ4n) is 10.5. The number of carboxylic acid groups (broad SMARTS) is 1. The van der Waals surface area contributed by atoms with Crippen molar-refractivity contribution in [2.45, 2.75) is 144 Å². The molecule has 0 aliphatic carbocycles. The SMILES string of the molecule is C.C.CC(C)(C)OC(=O)CCC(=O)O.CC(C)(C)OC(=O)NCC(=O)CC[C@H](NC(=O)c1c(Cl)cc(-c2ccccc2)cc1Cl)C(=O)OCc1ccccc1.NCC(=O)CC[C@H](NC(=O)c1c(Cl)cc(-c2ccccc2)cc1Cl)C(=O)OCc1ccccc1.NC[C@H](NC(=O)c1c(Cl)cc(-c2ccccc2)cc1Cl)C(=O)OCc1ccccc1. The topological polar surface area (TPSA) is 354 Å². The summed E-state index contributed by atoms with van der Waals surface area (Å²) in [5.74, 6) is -6.03. The van der Waals surface area contributed by atoms with Crippen LogP contribution in [0.25, 0.3) is 33.4 Å². The highest BCUT2D eigenvalue weighted by atomic mass is 35.5. The van der Waals surface area contributed by atoms with Crippen molar-refractivity contribution in [1.82, 2.24) is 21.3 Å². The van der Waals surface area contributed by atoms with Gasteiger partial charge < -0.3 is 61.5 Å². The van der Waals surface area contributed by atoms with Crippen molar-refractivity contribution in [3.63, 3.8) is 0 Å². The quantitative estimate of drug-likeness (QED) is 0.0157. The van der Waals surface area contributed by atoms with E-state index < -0.39 is 83.0 Å². The fourth-order valence-corrected chi connectivity index (χ4v) is 12.5. The maximum atomic E-state index is 13.3. The number of carboxylic acids is 1. The Morgan fingerprint density at radius 3 is 0.924 bits per heavy atom. The van der Waals surface area contributed by atoms with Gasteiger partial charge in [0.15, 0.2) is 5.78 Å². The van der Waals surface area contributed by atoms with Gasteiger partial charge in [0.2, 0.25) is 0 Å². The summed E-state index contributed by atoms with van der Waals surface area (Å²) in [6.07, 6.45) is -1.13. The second-order valence-electron chi connectivity index (χ2n) is 27.8. The number of hydrogen-bond acceptors (Lipinski definition) is 18. The summed E-state index contributed by atoms with van der Waals surface area (Å²) in [5.41, 5.74) is 17.2. The third-order valence-electron chi connectivity index (χ3n) is 16.2. The first-order chi connectivity index (χ1) is 55.6. The lowest BCUT2D eigenvalue weighted by Crippen LogP contribution is -2.46. The van der Waals surface area contributed by atoms with Crippen molar-refractivity contribution in [1.29, 1.82) is 0 Å². The number of amides is 4. The van der Waals surface area contributed by atoms with Gasteiger partial charge in [0.05, 0.1) is 72.8 Å². The molecule has 0 aliphatic rings. The van der Waals surface area contributed by atoms with Gasteiger partial charge in [0.25, 0.3) is 17.7 Å². The molecule has 0 radical (unpaired) electrons. The van der Waals surface area contributed by atoms with E-state index in [2.05, 4.69) is 21.3 Å². The molecule has 0 aromatic heterocycles. The molecule has 4 amide bonds. The first kappa shape index (κ1) is 100. The normalized spacial score (nSPS) is 11.3. The number of ketones is 2. The van der Waals surface area contributed by atoms with Crippen LogP contribution in [-0.2, 0) is 77.1 Å². The lowest BCUT2D eigenvalue weighted by Gasteiger charge is -2.20. The number of nitrogens with one attached hydrogen (secondary N) is 4. The number of carbonyl (C=O) groups excluding carboxylic acids is 10. The molecule has 9 N–H and O–H groups in total. The second-order valence-corrected chi connectivity index (χ2v) is 30.3. The van der Waals surface area contributed by atoms with Crippen LogP contribution in [0.4, 0.5) is 4.79 Å². The molecule has 0 unspecified atom stereocenters. The number of carbonyl (C=O) groups is 11. The Bertz CT molecular complexity index is 4780. The van der Waals surface area contributed by atoms with Gasteiger partial charge in [-0.25, -0.2) is 19.2 Å². The number of esters is 4. The third-order valence-corrected chi connectivity index (χ3v) is 18.0. The molecule has 9 aromatic carbocycles.